The number of rotatable bonds is 9. The molecule has 0 spiro atoms. The first-order chi connectivity index (χ1) is 12.7. The molecular formula is C21H24O5. The summed E-state index contributed by atoms with van der Waals surface area (Å²) in [6.45, 7) is 4.52. The van der Waals surface area contributed by atoms with E-state index >= 15 is 0 Å². The molecule has 0 radical (unpaired) electrons. The van der Waals surface area contributed by atoms with Crippen LogP contribution in [-0.4, -0.2) is 32.6 Å². The van der Waals surface area contributed by atoms with E-state index in [1.54, 1.807) is 0 Å². The first-order valence-electron chi connectivity index (χ1n) is 8.54. The Kier molecular flexibility index (Phi) is 7.86. The number of ether oxygens (including phenoxy) is 4. The van der Waals surface area contributed by atoms with Gasteiger partial charge in [0.15, 0.2) is 5.76 Å². The molecule has 138 valence electrons. The van der Waals surface area contributed by atoms with Gasteiger partial charge in [0, 0.05) is 13.2 Å². The highest BCUT2D eigenvalue weighted by molar-refractivity contribution is 5.82. The van der Waals surface area contributed by atoms with Crippen molar-refractivity contribution in [3.8, 4) is 16.9 Å². The first-order valence-corrected chi connectivity index (χ1v) is 8.54. The minimum absolute atomic E-state index is 0.244. The van der Waals surface area contributed by atoms with Gasteiger partial charge < -0.3 is 18.9 Å². The van der Waals surface area contributed by atoms with Crippen molar-refractivity contribution in [2.24, 2.45) is 0 Å². The second kappa shape index (κ2) is 10.4. The highest BCUT2D eigenvalue weighted by Crippen LogP contribution is 2.24. The molecule has 0 N–H and O–H groups in total. The number of esters is 1. The second-order valence-corrected chi connectivity index (χ2v) is 5.30. The summed E-state index contributed by atoms with van der Waals surface area (Å²) < 4.78 is 21.6. The van der Waals surface area contributed by atoms with E-state index in [9.17, 15) is 4.79 Å². The van der Waals surface area contributed by atoms with Crippen molar-refractivity contribution in [2.45, 2.75) is 20.1 Å². The van der Waals surface area contributed by atoms with Crippen molar-refractivity contribution in [3.63, 3.8) is 0 Å². The lowest BCUT2D eigenvalue weighted by Gasteiger charge is -2.20. The van der Waals surface area contributed by atoms with Gasteiger partial charge in [0.25, 0.3) is 0 Å². The normalized spacial score (nSPS) is 11.5. The van der Waals surface area contributed by atoms with Gasteiger partial charge >= 0.3 is 5.97 Å². The molecule has 2 aromatic carbocycles. The molecule has 2 aromatic rings. The van der Waals surface area contributed by atoms with E-state index in [1.165, 1.54) is 13.2 Å². The van der Waals surface area contributed by atoms with Crippen LogP contribution >= 0.6 is 0 Å². The highest BCUT2D eigenvalue weighted by atomic mass is 16.7. The van der Waals surface area contributed by atoms with Crippen LogP contribution in [0.3, 0.4) is 0 Å². The van der Waals surface area contributed by atoms with E-state index in [0.717, 1.165) is 11.1 Å². The summed E-state index contributed by atoms with van der Waals surface area (Å²) in [5.74, 6) is 0.280. The van der Waals surface area contributed by atoms with Crippen molar-refractivity contribution >= 4 is 5.97 Å². The SMILES string of the molecule is CCOC(OCC)C(=CC(=O)OC)Oc1ccc(-c2ccccc2)cc1. The average molecular weight is 356 g/mol. The summed E-state index contributed by atoms with van der Waals surface area (Å²) >= 11 is 0. The molecule has 5 nitrogen and oxygen atoms in total. The average Bonchev–Trinajstić information content (AvgIpc) is 2.68. The van der Waals surface area contributed by atoms with E-state index in [-0.39, 0.29) is 5.76 Å². The number of carbonyl (C=O) groups is 1. The van der Waals surface area contributed by atoms with Gasteiger partial charge in [-0.2, -0.15) is 0 Å². The molecule has 0 saturated heterocycles. The summed E-state index contributed by atoms with van der Waals surface area (Å²) in [5.41, 5.74) is 2.19. The molecule has 5 heteroatoms. The summed E-state index contributed by atoms with van der Waals surface area (Å²) in [4.78, 5) is 11.7. The Balaban J connectivity index is 2.21. The molecule has 0 atom stereocenters. The number of carbonyl (C=O) groups excluding carboxylic acids is 1. The van der Waals surface area contributed by atoms with Gasteiger partial charge in [0.2, 0.25) is 6.29 Å². The third-order valence-electron chi connectivity index (χ3n) is 3.53. The predicted octanol–water partition coefficient (Wildman–Crippen LogP) is 4.19. The van der Waals surface area contributed by atoms with Gasteiger partial charge in [-0.15, -0.1) is 0 Å². The zero-order chi connectivity index (χ0) is 18.8. The van der Waals surface area contributed by atoms with Gasteiger partial charge in [-0.25, -0.2) is 4.79 Å². The van der Waals surface area contributed by atoms with Crippen LogP contribution in [0.1, 0.15) is 13.8 Å². The number of benzene rings is 2. The van der Waals surface area contributed by atoms with E-state index in [1.807, 2.05) is 68.4 Å². The highest BCUT2D eigenvalue weighted by Gasteiger charge is 2.19. The van der Waals surface area contributed by atoms with Crippen LogP contribution in [0.4, 0.5) is 0 Å². The Morgan fingerprint density at radius 1 is 0.923 bits per heavy atom. The molecular weight excluding hydrogens is 332 g/mol. The van der Waals surface area contributed by atoms with Gasteiger partial charge in [0.05, 0.1) is 13.2 Å². The first kappa shape index (κ1) is 19.7. The third-order valence-corrected chi connectivity index (χ3v) is 3.53. The summed E-state index contributed by atoms with van der Waals surface area (Å²) in [6, 6.07) is 17.6. The summed E-state index contributed by atoms with van der Waals surface area (Å²) in [5, 5.41) is 0. The minimum atomic E-state index is -0.780. The minimum Gasteiger partial charge on any atom is -0.466 e. The Hall–Kier alpha value is -2.63. The number of methoxy groups -OCH3 is 1. The maximum absolute atomic E-state index is 11.7. The quantitative estimate of drug-likeness (QED) is 0.292. The third kappa shape index (κ3) is 5.72. The largest absolute Gasteiger partial charge is 0.466 e. The van der Waals surface area contributed by atoms with Gasteiger partial charge in [0.1, 0.15) is 5.75 Å². The van der Waals surface area contributed by atoms with Crippen LogP contribution in [0.15, 0.2) is 66.4 Å². The van der Waals surface area contributed by atoms with Crippen molar-refractivity contribution in [1.29, 1.82) is 0 Å². The molecule has 26 heavy (non-hydrogen) atoms. The molecule has 0 unspecified atom stereocenters. The van der Waals surface area contributed by atoms with E-state index < -0.39 is 12.3 Å². The van der Waals surface area contributed by atoms with Crippen LogP contribution in [-0.2, 0) is 19.0 Å². The second-order valence-electron chi connectivity index (χ2n) is 5.30. The van der Waals surface area contributed by atoms with E-state index in [0.29, 0.717) is 19.0 Å². The molecule has 0 amide bonds. The lowest BCUT2D eigenvalue weighted by atomic mass is 10.1. The zero-order valence-corrected chi connectivity index (χ0v) is 15.3. The molecule has 0 heterocycles. The van der Waals surface area contributed by atoms with Gasteiger partial charge in [-0.05, 0) is 37.1 Å². The summed E-state index contributed by atoms with van der Waals surface area (Å²) in [6.07, 6.45) is 0.457. The van der Waals surface area contributed by atoms with Crippen LogP contribution < -0.4 is 4.74 Å². The molecule has 0 aliphatic heterocycles. The Bertz CT molecular complexity index is 701. The Labute approximate surface area is 154 Å². The monoisotopic (exact) mass is 356 g/mol. The Morgan fingerprint density at radius 3 is 2.04 bits per heavy atom. The van der Waals surface area contributed by atoms with Crippen LogP contribution in [0.25, 0.3) is 11.1 Å². The fraction of sp³-hybridized carbons (Fsp3) is 0.286. The van der Waals surface area contributed by atoms with Crippen molar-refractivity contribution in [2.75, 3.05) is 20.3 Å². The van der Waals surface area contributed by atoms with Gasteiger partial charge in [-0.3, -0.25) is 0 Å². The maximum atomic E-state index is 11.7. The Morgan fingerprint density at radius 2 is 1.50 bits per heavy atom. The number of hydrogen-bond acceptors (Lipinski definition) is 5. The zero-order valence-electron chi connectivity index (χ0n) is 15.3. The fourth-order valence-corrected chi connectivity index (χ4v) is 2.32. The fourth-order valence-electron chi connectivity index (χ4n) is 2.32. The predicted molar refractivity (Wildman–Crippen MR) is 99.6 cm³/mol. The van der Waals surface area contributed by atoms with Crippen molar-refractivity contribution in [1.82, 2.24) is 0 Å². The molecule has 0 aliphatic carbocycles. The molecule has 0 saturated carbocycles. The molecule has 0 aliphatic rings. The summed E-state index contributed by atoms with van der Waals surface area (Å²) in [7, 11) is 1.31. The van der Waals surface area contributed by atoms with Gasteiger partial charge in [-0.1, -0.05) is 42.5 Å². The smallest absolute Gasteiger partial charge is 0.334 e. The number of hydrogen-bond donors (Lipinski definition) is 0. The molecule has 0 aromatic heterocycles. The molecule has 0 fully saturated rings. The molecule has 2 rings (SSSR count). The van der Waals surface area contributed by atoms with Crippen molar-refractivity contribution in [3.05, 3.63) is 66.4 Å². The maximum Gasteiger partial charge on any atom is 0.334 e. The van der Waals surface area contributed by atoms with Crippen LogP contribution in [0.5, 0.6) is 5.75 Å². The topological polar surface area (TPSA) is 54.0 Å². The van der Waals surface area contributed by atoms with Crippen LogP contribution in [0, 0.1) is 0 Å². The van der Waals surface area contributed by atoms with E-state index in [2.05, 4.69) is 0 Å². The lowest BCUT2D eigenvalue weighted by Crippen LogP contribution is -2.24. The van der Waals surface area contributed by atoms with Crippen LogP contribution in [0.2, 0.25) is 0 Å². The standard InChI is InChI=1S/C21H24O5/c1-4-24-21(25-5-2)19(15-20(22)23-3)26-18-13-11-17(12-14-18)16-9-7-6-8-10-16/h6-15,21H,4-5H2,1-3H3. The van der Waals surface area contributed by atoms with E-state index in [4.69, 9.17) is 18.9 Å². The lowest BCUT2D eigenvalue weighted by molar-refractivity contribution is -0.138. The molecule has 0 bridgehead atoms. The van der Waals surface area contributed by atoms with Crippen molar-refractivity contribution < 1.29 is 23.7 Å².